The number of nitrogens with zero attached hydrogens (tertiary/aromatic N) is 1. The highest BCUT2D eigenvalue weighted by atomic mass is 32.2. The number of ether oxygens (including phenoxy) is 1. The highest BCUT2D eigenvalue weighted by Crippen LogP contribution is 2.51. The Balaban J connectivity index is 1.58. The molecule has 3 aromatic rings. The molecule has 0 saturated heterocycles. The number of Topliss-reactive ketones (excluding diaryl/α,β-unsaturated/α-hetero) is 1. The lowest BCUT2D eigenvalue weighted by Gasteiger charge is -2.27. The molecule has 4 rings (SSSR count). The molecular formula is C27H28FNO4S. The van der Waals surface area contributed by atoms with Crippen LogP contribution in [0.3, 0.4) is 0 Å². The molecule has 0 aliphatic heterocycles. The lowest BCUT2D eigenvalue weighted by Crippen LogP contribution is -2.23. The Kier molecular flexibility index (Phi) is 6.58. The number of para-hydroxylation sites is 1. The second-order valence-corrected chi connectivity index (χ2v) is 11.7. The SMILES string of the molecule is CC1CC(c2ncccc2C(=O)CS(=O)(=O)c2cccc(Oc3ccccc3F)c2)C(C)(C)C1. The Morgan fingerprint density at radius 3 is 2.59 bits per heavy atom. The first-order chi connectivity index (χ1) is 16.1. The molecule has 5 nitrogen and oxygen atoms in total. The molecular weight excluding hydrogens is 453 g/mol. The standard InChI is InChI=1S/C27H28FNO4S/c1-18-14-22(27(2,3)16-18)26-21(10-7-13-29-26)24(30)17-34(31,32)20-9-6-8-19(15-20)33-25-12-5-4-11-23(25)28/h4-13,15,18,22H,14,16-17H2,1-3H3. The highest BCUT2D eigenvalue weighted by molar-refractivity contribution is 7.92. The van der Waals surface area contributed by atoms with Gasteiger partial charge in [0.2, 0.25) is 0 Å². The third-order valence-corrected chi connectivity index (χ3v) is 8.09. The minimum atomic E-state index is -3.96. The number of sulfone groups is 1. The van der Waals surface area contributed by atoms with E-state index in [0.29, 0.717) is 17.2 Å². The van der Waals surface area contributed by atoms with Crippen LogP contribution >= 0.6 is 0 Å². The molecule has 0 radical (unpaired) electrons. The average molecular weight is 482 g/mol. The van der Waals surface area contributed by atoms with Gasteiger partial charge in [-0.1, -0.05) is 39.0 Å². The van der Waals surface area contributed by atoms with Crippen LogP contribution in [0.25, 0.3) is 0 Å². The van der Waals surface area contributed by atoms with Crippen molar-refractivity contribution in [1.29, 1.82) is 0 Å². The van der Waals surface area contributed by atoms with Gasteiger partial charge in [-0.3, -0.25) is 9.78 Å². The molecule has 2 atom stereocenters. The smallest absolute Gasteiger partial charge is 0.185 e. The largest absolute Gasteiger partial charge is 0.454 e. The van der Waals surface area contributed by atoms with Gasteiger partial charge in [0.15, 0.2) is 27.2 Å². The van der Waals surface area contributed by atoms with Gasteiger partial charge in [-0.25, -0.2) is 12.8 Å². The van der Waals surface area contributed by atoms with E-state index in [1.807, 2.05) is 0 Å². The monoisotopic (exact) mass is 481 g/mol. The number of halogens is 1. The Labute approximate surface area is 199 Å². The predicted molar refractivity (Wildman–Crippen MR) is 128 cm³/mol. The van der Waals surface area contributed by atoms with Gasteiger partial charge < -0.3 is 4.74 Å². The average Bonchev–Trinajstić information content (AvgIpc) is 3.07. The molecule has 2 aromatic carbocycles. The molecule has 1 aromatic heterocycles. The molecule has 1 aliphatic rings. The Morgan fingerprint density at radius 1 is 1.12 bits per heavy atom. The second kappa shape index (κ2) is 9.29. The molecule has 1 heterocycles. The van der Waals surface area contributed by atoms with Crippen molar-refractivity contribution in [2.45, 2.75) is 44.4 Å². The summed E-state index contributed by atoms with van der Waals surface area (Å²) in [5, 5.41) is 0. The van der Waals surface area contributed by atoms with Crippen LogP contribution in [-0.4, -0.2) is 24.9 Å². The van der Waals surface area contributed by atoms with Gasteiger partial charge in [0.25, 0.3) is 0 Å². The van der Waals surface area contributed by atoms with E-state index in [-0.39, 0.29) is 27.7 Å². The van der Waals surface area contributed by atoms with Crippen LogP contribution in [0, 0.1) is 17.2 Å². The first-order valence-corrected chi connectivity index (χ1v) is 13.0. The van der Waals surface area contributed by atoms with Gasteiger partial charge in [-0.2, -0.15) is 0 Å². The maximum Gasteiger partial charge on any atom is 0.185 e. The number of rotatable bonds is 7. The van der Waals surface area contributed by atoms with Gasteiger partial charge in [0, 0.05) is 17.7 Å². The minimum absolute atomic E-state index is 0.0125. The van der Waals surface area contributed by atoms with Crippen molar-refractivity contribution in [2.75, 3.05) is 5.75 Å². The summed E-state index contributed by atoms with van der Waals surface area (Å²) < 4.78 is 45.7. The summed E-state index contributed by atoms with van der Waals surface area (Å²) in [6.45, 7) is 6.52. The zero-order chi connectivity index (χ0) is 24.5. The Morgan fingerprint density at radius 2 is 1.88 bits per heavy atom. The van der Waals surface area contributed by atoms with Crippen molar-refractivity contribution >= 4 is 15.6 Å². The Bertz CT molecular complexity index is 1320. The minimum Gasteiger partial charge on any atom is -0.454 e. The fourth-order valence-corrected chi connectivity index (χ4v) is 6.23. The van der Waals surface area contributed by atoms with Crippen LogP contribution < -0.4 is 4.74 Å². The van der Waals surface area contributed by atoms with Crippen molar-refractivity contribution in [1.82, 2.24) is 4.98 Å². The summed E-state index contributed by atoms with van der Waals surface area (Å²) in [4.78, 5) is 17.7. The number of hydrogen-bond acceptors (Lipinski definition) is 5. The molecule has 178 valence electrons. The fraction of sp³-hybridized carbons (Fsp3) is 0.333. The second-order valence-electron chi connectivity index (χ2n) is 9.71. The highest BCUT2D eigenvalue weighted by Gasteiger charge is 2.41. The van der Waals surface area contributed by atoms with E-state index in [1.165, 1.54) is 42.5 Å². The first kappa shape index (κ1) is 24.1. The third kappa shape index (κ3) is 5.04. The summed E-state index contributed by atoms with van der Waals surface area (Å²) in [5.41, 5.74) is 1.01. The van der Waals surface area contributed by atoms with Crippen molar-refractivity contribution in [3.05, 3.63) is 83.9 Å². The molecule has 0 bridgehead atoms. The first-order valence-electron chi connectivity index (χ1n) is 11.3. The van der Waals surface area contributed by atoms with Crippen molar-refractivity contribution in [3.63, 3.8) is 0 Å². The van der Waals surface area contributed by atoms with E-state index in [1.54, 1.807) is 24.4 Å². The summed E-state index contributed by atoms with van der Waals surface area (Å²) in [6, 6.07) is 15.0. The molecule has 2 unspecified atom stereocenters. The summed E-state index contributed by atoms with van der Waals surface area (Å²) >= 11 is 0. The van der Waals surface area contributed by atoms with E-state index in [9.17, 15) is 17.6 Å². The van der Waals surface area contributed by atoms with Crippen molar-refractivity contribution in [2.24, 2.45) is 11.3 Å². The normalized spacial score (nSPS) is 19.6. The molecule has 34 heavy (non-hydrogen) atoms. The van der Waals surface area contributed by atoms with E-state index < -0.39 is 27.2 Å². The number of hydrogen-bond donors (Lipinski definition) is 0. The van der Waals surface area contributed by atoms with Crippen molar-refractivity contribution in [3.8, 4) is 11.5 Å². The van der Waals surface area contributed by atoms with Crippen LogP contribution in [0.5, 0.6) is 11.5 Å². The maximum atomic E-state index is 13.9. The van der Waals surface area contributed by atoms with E-state index in [0.717, 1.165) is 12.8 Å². The van der Waals surface area contributed by atoms with Crippen LogP contribution in [-0.2, 0) is 9.84 Å². The fourth-order valence-electron chi connectivity index (χ4n) is 4.98. The topological polar surface area (TPSA) is 73.3 Å². The van der Waals surface area contributed by atoms with Gasteiger partial charge >= 0.3 is 0 Å². The van der Waals surface area contributed by atoms with Crippen LogP contribution in [0.2, 0.25) is 0 Å². The molecule has 1 fully saturated rings. The van der Waals surface area contributed by atoms with Gasteiger partial charge in [0.05, 0.1) is 10.6 Å². The molecule has 0 amide bonds. The van der Waals surface area contributed by atoms with Gasteiger partial charge in [-0.05, 0) is 66.6 Å². The number of benzene rings is 2. The third-order valence-electron chi connectivity index (χ3n) is 6.48. The van der Waals surface area contributed by atoms with Crippen molar-refractivity contribution < 1.29 is 22.3 Å². The van der Waals surface area contributed by atoms with Gasteiger partial charge in [-0.15, -0.1) is 0 Å². The molecule has 0 N–H and O–H groups in total. The summed E-state index contributed by atoms with van der Waals surface area (Å²) in [7, 11) is -3.96. The predicted octanol–water partition coefficient (Wildman–Crippen LogP) is 6.21. The van der Waals surface area contributed by atoms with E-state index in [2.05, 4.69) is 25.8 Å². The number of carbonyl (C=O) groups is 1. The lowest BCUT2D eigenvalue weighted by molar-refractivity contribution is 0.101. The number of pyridine rings is 1. The Hall–Kier alpha value is -3.06. The zero-order valence-electron chi connectivity index (χ0n) is 19.5. The van der Waals surface area contributed by atoms with Crippen LogP contribution in [0.4, 0.5) is 4.39 Å². The summed E-state index contributed by atoms with van der Waals surface area (Å²) in [5.74, 6) is -0.979. The van der Waals surface area contributed by atoms with Crippen LogP contribution in [0.1, 0.15) is 55.6 Å². The molecule has 1 aliphatic carbocycles. The molecule has 0 spiro atoms. The number of aromatic nitrogens is 1. The lowest BCUT2D eigenvalue weighted by atomic mass is 9.78. The maximum absolute atomic E-state index is 13.9. The number of carbonyl (C=O) groups excluding carboxylic acids is 1. The van der Waals surface area contributed by atoms with Gasteiger partial charge in [0.1, 0.15) is 11.5 Å². The molecule has 7 heteroatoms. The summed E-state index contributed by atoms with van der Waals surface area (Å²) in [6.07, 6.45) is 3.59. The zero-order valence-corrected chi connectivity index (χ0v) is 20.3. The van der Waals surface area contributed by atoms with E-state index >= 15 is 0 Å². The number of ketones is 1. The molecule has 1 saturated carbocycles. The van der Waals surface area contributed by atoms with E-state index in [4.69, 9.17) is 4.74 Å². The van der Waals surface area contributed by atoms with Crippen LogP contribution in [0.15, 0.2) is 71.8 Å². The quantitative estimate of drug-likeness (QED) is 0.375.